The molecule has 1 amide bonds. The second kappa shape index (κ2) is 10.9. The Morgan fingerprint density at radius 3 is 2.41 bits per heavy atom. The molecule has 0 bridgehead atoms. The third-order valence-electron chi connectivity index (χ3n) is 4.83. The molecule has 1 aliphatic rings. The van der Waals surface area contributed by atoms with E-state index in [-0.39, 0.29) is 11.3 Å². The molecule has 18 heteroatoms. The number of ether oxygens (including phenoxy) is 1. The van der Waals surface area contributed by atoms with Crippen LogP contribution >= 0.6 is 7.82 Å². The number of carbonyl (C=O) groups is 1. The Kier molecular flexibility index (Phi) is 8.24. The third-order valence-corrected chi connectivity index (χ3v) is 4.83. The highest BCUT2D eigenvalue weighted by molar-refractivity contribution is 7.45. The Morgan fingerprint density at radius 1 is 1.22 bits per heavy atom. The van der Waals surface area contributed by atoms with Crippen molar-refractivity contribution in [2.75, 3.05) is 11.4 Å². The van der Waals surface area contributed by atoms with Crippen molar-refractivity contribution < 1.29 is 51.4 Å². The molecular weight excluding hydrogens is 531 g/mol. The van der Waals surface area contributed by atoms with Gasteiger partial charge >= 0.3 is 20.1 Å². The van der Waals surface area contributed by atoms with Crippen molar-refractivity contribution in [1.29, 1.82) is 0 Å². The summed E-state index contributed by atoms with van der Waals surface area (Å²) in [6, 6.07) is 6.94. The number of halogens is 4. The number of amides is 1. The van der Waals surface area contributed by atoms with Gasteiger partial charge in [0.05, 0.1) is 18.8 Å². The Bertz CT molecular complexity index is 1290. The molecule has 3 aromatic rings. The van der Waals surface area contributed by atoms with Gasteiger partial charge in [0.15, 0.2) is 12.2 Å². The van der Waals surface area contributed by atoms with Gasteiger partial charge < -0.3 is 24.5 Å². The van der Waals surface area contributed by atoms with Crippen LogP contribution in [0.3, 0.4) is 0 Å². The van der Waals surface area contributed by atoms with Gasteiger partial charge in [-0.3, -0.25) is 9.88 Å². The van der Waals surface area contributed by atoms with Crippen molar-refractivity contribution in [2.45, 2.75) is 31.9 Å². The first kappa shape index (κ1) is 28.1. The van der Waals surface area contributed by atoms with Crippen LogP contribution in [0.1, 0.15) is 6.92 Å². The molecule has 0 saturated carbocycles. The second-order valence-corrected chi connectivity index (χ2v) is 8.46. The van der Waals surface area contributed by atoms with Crippen molar-refractivity contribution >= 4 is 19.6 Å². The number of carbonyl (C=O) groups excluding carboxylic acids is 1. The molecule has 1 saturated heterocycles. The molecule has 200 valence electrons. The van der Waals surface area contributed by atoms with Crippen molar-refractivity contribution in [1.82, 2.24) is 25.2 Å². The van der Waals surface area contributed by atoms with Crippen LogP contribution in [0.15, 0.2) is 36.5 Å². The Balaban J connectivity index is 0.000000695. The number of aliphatic hydroxyl groups excluding tert-OH is 1. The van der Waals surface area contributed by atoms with Crippen molar-refractivity contribution in [3.05, 3.63) is 42.3 Å². The molecule has 13 nitrogen and oxygen atoms in total. The van der Waals surface area contributed by atoms with Gasteiger partial charge in [0.1, 0.15) is 11.5 Å². The van der Waals surface area contributed by atoms with Crippen LogP contribution < -0.4 is 4.90 Å². The lowest BCUT2D eigenvalue weighted by atomic mass is 10.1. The molecule has 4 N–H and O–H groups in total. The number of aryl methyl sites for hydroxylation is 1. The highest BCUT2D eigenvalue weighted by Gasteiger charge is 2.49. The van der Waals surface area contributed by atoms with E-state index < -0.39 is 44.7 Å². The lowest BCUT2D eigenvalue weighted by Crippen LogP contribution is -2.42. The molecule has 1 unspecified atom stereocenters. The number of tetrazole rings is 1. The van der Waals surface area contributed by atoms with Crippen LogP contribution in [-0.4, -0.2) is 76.0 Å². The summed E-state index contributed by atoms with van der Waals surface area (Å²) in [4.78, 5) is 40.0. The lowest BCUT2D eigenvalue weighted by Gasteiger charge is -2.19. The fraction of sp³-hybridized carbons (Fsp3) is 0.316. The minimum atomic E-state index is -4.95. The number of hydrogen-bond acceptors (Lipinski definition) is 8. The van der Waals surface area contributed by atoms with Gasteiger partial charge in [-0.2, -0.15) is 18.0 Å². The van der Waals surface area contributed by atoms with Crippen LogP contribution in [-0.2, 0) is 15.8 Å². The zero-order valence-electron chi connectivity index (χ0n) is 18.7. The first-order valence-electron chi connectivity index (χ1n) is 10.2. The number of nitrogens with zero attached hydrogens (tertiary/aromatic N) is 6. The number of aliphatic hydroxyl groups is 1. The van der Waals surface area contributed by atoms with E-state index >= 15 is 0 Å². The topological polar surface area (TPSA) is 184 Å². The molecule has 1 fully saturated rings. The molecular formula is C19H19F4N6O7P. The van der Waals surface area contributed by atoms with Crippen molar-refractivity contribution in [3.63, 3.8) is 0 Å². The first-order valence-corrected chi connectivity index (χ1v) is 11.8. The van der Waals surface area contributed by atoms with Gasteiger partial charge in [0, 0.05) is 17.3 Å². The number of cyclic esters (lactones) is 1. The summed E-state index contributed by atoms with van der Waals surface area (Å²) < 4.78 is 66.3. The summed E-state index contributed by atoms with van der Waals surface area (Å²) in [7, 11) is -4.64. The van der Waals surface area contributed by atoms with Crippen molar-refractivity contribution in [3.8, 4) is 22.6 Å². The van der Waals surface area contributed by atoms with Crippen LogP contribution in [0.2, 0.25) is 0 Å². The van der Waals surface area contributed by atoms with Gasteiger partial charge in [-0.15, -0.1) is 10.2 Å². The first-order chi connectivity index (χ1) is 17.2. The summed E-state index contributed by atoms with van der Waals surface area (Å²) in [6.07, 6.45) is -9.28. The summed E-state index contributed by atoms with van der Waals surface area (Å²) in [5.74, 6) is -0.405. The minimum absolute atomic E-state index is 0.00177. The molecule has 3 heterocycles. The van der Waals surface area contributed by atoms with Crippen LogP contribution in [0.4, 0.5) is 28.0 Å². The van der Waals surface area contributed by atoms with Gasteiger partial charge in [-0.05, 0) is 36.4 Å². The monoisotopic (exact) mass is 550 g/mol. The SMILES string of the molecule is CCn1nnc(-c2ccc(-c3ccc(N4C[C@@H](C(O)C(F)(F)F)OC4=O)cc3F)cn2)n1.O=P(O)(O)O. The van der Waals surface area contributed by atoms with E-state index in [9.17, 15) is 27.5 Å². The molecule has 0 aliphatic carbocycles. The predicted octanol–water partition coefficient (Wildman–Crippen LogP) is 1.88. The maximum absolute atomic E-state index is 14.8. The third kappa shape index (κ3) is 7.27. The predicted molar refractivity (Wildman–Crippen MR) is 116 cm³/mol. The summed E-state index contributed by atoms with van der Waals surface area (Å²) in [6.45, 7) is 1.83. The highest BCUT2D eigenvalue weighted by Crippen LogP contribution is 2.32. The van der Waals surface area contributed by atoms with E-state index in [1.807, 2.05) is 6.92 Å². The van der Waals surface area contributed by atoms with E-state index in [0.29, 0.717) is 23.6 Å². The standard InChI is InChI=1S/C19H16F4N6O3.H3O4P/c1-2-29-26-17(25-27-29)14-6-3-10(8-24-14)12-5-4-11(7-13(12)20)28-9-15(32-18(28)31)16(30)19(21,22)23;1-5(2,3)4/h3-8,15-16,30H,2,9H2,1H3;(H3,1,2,3,4)/t15-,16?;/m0./s1. The fourth-order valence-corrected chi connectivity index (χ4v) is 3.14. The van der Waals surface area contributed by atoms with Crippen LogP contribution in [0, 0.1) is 5.82 Å². The van der Waals surface area contributed by atoms with Crippen molar-refractivity contribution in [2.24, 2.45) is 0 Å². The summed E-state index contributed by atoms with van der Waals surface area (Å²) >= 11 is 0. The Hall–Kier alpha value is -3.50. The second-order valence-electron chi connectivity index (χ2n) is 7.43. The van der Waals surface area contributed by atoms with Crippen LogP contribution in [0.5, 0.6) is 0 Å². The number of aromatic nitrogens is 5. The van der Waals surface area contributed by atoms with E-state index in [1.165, 1.54) is 23.1 Å². The van der Waals surface area contributed by atoms with Gasteiger partial charge in [-0.25, -0.2) is 13.8 Å². The maximum atomic E-state index is 14.8. The smallest absolute Gasteiger partial charge is 0.441 e. The molecule has 4 rings (SSSR count). The number of phosphoric acid groups is 1. The van der Waals surface area contributed by atoms with E-state index in [1.54, 1.807) is 12.1 Å². The normalized spacial score (nSPS) is 16.7. The average molecular weight is 550 g/mol. The van der Waals surface area contributed by atoms with E-state index in [2.05, 4.69) is 25.1 Å². The molecule has 0 spiro atoms. The zero-order chi connectivity index (χ0) is 27.5. The van der Waals surface area contributed by atoms with Gasteiger partial charge in [0.25, 0.3) is 0 Å². The van der Waals surface area contributed by atoms with E-state index in [4.69, 9.17) is 19.2 Å². The average Bonchev–Trinajstić information content (AvgIpc) is 3.44. The van der Waals surface area contributed by atoms with Gasteiger partial charge in [-0.1, -0.05) is 6.07 Å². The van der Waals surface area contributed by atoms with E-state index in [0.717, 1.165) is 11.0 Å². The quantitative estimate of drug-likeness (QED) is 0.269. The number of alkyl halides is 3. The molecule has 2 aromatic heterocycles. The molecule has 37 heavy (non-hydrogen) atoms. The maximum Gasteiger partial charge on any atom is 0.466 e. The summed E-state index contributed by atoms with van der Waals surface area (Å²) in [5, 5.41) is 21.2. The number of rotatable bonds is 5. The molecule has 2 atom stereocenters. The Labute approximate surface area is 205 Å². The molecule has 1 aliphatic heterocycles. The minimum Gasteiger partial charge on any atom is -0.441 e. The largest absolute Gasteiger partial charge is 0.466 e. The highest BCUT2D eigenvalue weighted by atomic mass is 31.2. The fourth-order valence-electron chi connectivity index (χ4n) is 3.14. The number of pyridine rings is 1. The number of hydrogen-bond donors (Lipinski definition) is 4. The summed E-state index contributed by atoms with van der Waals surface area (Å²) in [5.41, 5.74) is 1.03. The number of anilines is 1. The van der Waals surface area contributed by atoms with Crippen LogP contribution in [0.25, 0.3) is 22.6 Å². The number of benzene rings is 1. The lowest BCUT2D eigenvalue weighted by molar-refractivity contribution is -0.224. The molecule has 1 aromatic carbocycles. The van der Waals surface area contributed by atoms with Gasteiger partial charge in [0.2, 0.25) is 5.82 Å². The molecule has 0 radical (unpaired) electrons. The Morgan fingerprint density at radius 2 is 1.89 bits per heavy atom. The zero-order valence-corrected chi connectivity index (χ0v) is 19.6.